The van der Waals surface area contributed by atoms with Crippen LogP contribution in [0.5, 0.6) is 0 Å². The van der Waals surface area contributed by atoms with Crippen molar-refractivity contribution in [3.63, 3.8) is 0 Å². The third-order valence-corrected chi connectivity index (χ3v) is 3.68. The van der Waals surface area contributed by atoms with Crippen molar-refractivity contribution >= 4 is 6.03 Å². The first kappa shape index (κ1) is 13.8. The summed E-state index contributed by atoms with van der Waals surface area (Å²) in [6, 6.07) is 6.20. The lowest BCUT2D eigenvalue weighted by Gasteiger charge is -2.27. The molecule has 0 aliphatic heterocycles. The van der Waals surface area contributed by atoms with Crippen LogP contribution < -0.4 is 5.32 Å². The van der Waals surface area contributed by atoms with Gasteiger partial charge in [0.25, 0.3) is 0 Å². The Morgan fingerprint density at radius 1 is 1.37 bits per heavy atom. The van der Waals surface area contributed by atoms with Crippen LogP contribution in [0.3, 0.4) is 0 Å². The van der Waals surface area contributed by atoms with E-state index in [0.717, 1.165) is 18.5 Å². The molecule has 1 aliphatic carbocycles. The fraction of sp³-hybridized carbons (Fsp3) is 0.600. The number of hydrogen-bond acceptors (Lipinski definition) is 2. The maximum Gasteiger partial charge on any atom is 0.317 e. The summed E-state index contributed by atoms with van der Waals surface area (Å²) in [5.74, 6) is 0. The number of pyridine rings is 1. The monoisotopic (exact) mass is 261 g/mol. The number of hydrogen-bond donors (Lipinski definition) is 1. The van der Waals surface area contributed by atoms with Gasteiger partial charge in [0.1, 0.15) is 0 Å². The fourth-order valence-electron chi connectivity index (χ4n) is 2.53. The molecule has 0 radical (unpaired) electrons. The van der Waals surface area contributed by atoms with Crippen molar-refractivity contribution in [1.29, 1.82) is 0 Å². The van der Waals surface area contributed by atoms with Crippen LogP contribution in [-0.2, 0) is 6.54 Å². The standard InChI is InChI=1S/C15H23N3O/c1-2-18(12-14-10-6-7-11-16-14)15(19)17-13-8-4-3-5-9-13/h6-7,10-11,13H,2-5,8-9,12H2,1H3,(H,17,19). The van der Waals surface area contributed by atoms with Crippen molar-refractivity contribution in [3.05, 3.63) is 30.1 Å². The molecule has 19 heavy (non-hydrogen) atoms. The first-order valence-corrected chi connectivity index (χ1v) is 7.25. The average Bonchev–Trinajstić information content (AvgIpc) is 2.47. The minimum absolute atomic E-state index is 0.0417. The average molecular weight is 261 g/mol. The van der Waals surface area contributed by atoms with Gasteiger partial charge in [-0.2, -0.15) is 0 Å². The van der Waals surface area contributed by atoms with Gasteiger partial charge in [0.05, 0.1) is 12.2 Å². The Kier molecular flexibility index (Phi) is 5.19. The number of carbonyl (C=O) groups is 1. The lowest BCUT2D eigenvalue weighted by atomic mass is 9.96. The Morgan fingerprint density at radius 3 is 2.79 bits per heavy atom. The SMILES string of the molecule is CCN(Cc1ccccn1)C(=O)NC1CCCCC1. The van der Waals surface area contributed by atoms with Crippen molar-refractivity contribution in [3.8, 4) is 0 Å². The highest BCUT2D eigenvalue weighted by molar-refractivity contribution is 5.74. The first-order chi connectivity index (χ1) is 9.29. The molecule has 0 atom stereocenters. The molecule has 0 saturated heterocycles. The van der Waals surface area contributed by atoms with E-state index in [4.69, 9.17) is 0 Å². The van der Waals surface area contributed by atoms with Gasteiger partial charge < -0.3 is 10.2 Å². The molecule has 1 heterocycles. The topological polar surface area (TPSA) is 45.2 Å². The lowest BCUT2D eigenvalue weighted by molar-refractivity contribution is 0.189. The minimum atomic E-state index is 0.0417. The molecule has 2 amide bonds. The summed E-state index contributed by atoms with van der Waals surface area (Å²) in [7, 11) is 0. The van der Waals surface area contributed by atoms with E-state index in [2.05, 4.69) is 10.3 Å². The molecule has 0 unspecified atom stereocenters. The maximum absolute atomic E-state index is 12.2. The van der Waals surface area contributed by atoms with E-state index >= 15 is 0 Å². The predicted octanol–water partition coefficient (Wildman–Crippen LogP) is 2.95. The van der Waals surface area contributed by atoms with E-state index in [-0.39, 0.29) is 6.03 Å². The smallest absolute Gasteiger partial charge is 0.317 e. The molecule has 0 bridgehead atoms. The molecular weight excluding hydrogens is 238 g/mol. The Morgan fingerprint density at radius 2 is 2.16 bits per heavy atom. The Bertz CT molecular complexity index is 388. The van der Waals surface area contributed by atoms with Crippen molar-refractivity contribution in [2.24, 2.45) is 0 Å². The van der Waals surface area contributed by atoms with Crippen molar-refractivity contribution in [1.82, 2.24) is 15.2 Å². The summed E-state index contributed by atoms with van der Waals surface area (Å²) in [4.78, 5) is 18.3. The number of rotatable bonds is 4. The van der Waals surface area contributed by atoms with Crippen molar-refractivity contribution in [2.45, 2.75) is 51.6 Å². The van der Waals surface area contributed by atoms with Crippen LogP contribution in [0, 0.1) is 0 Å². The van der Waals surface area contributed by atoms with Crippen LogP contribution in [0.2, 0.25) is 0 Å². The number of nitrogens with one attached hydrogen (secondary N) is 1. The Hall–Kier alpha value is -1.58. The molecule has 4 nitrogen and oxygen atoms in total. The van der Waals surface area contributed by atoms with E-state index in [1.165, 1.54) is 19.3 Å². The summed E-state index contributed by atoms with van der Waals surface area (Å²) in [6.45, 7) is 3.29. The third kappa shape index (κ3) is 4.23. The maximum atomic E-state index is 12.2. The molecule has 0 spiro atoms. The quantitative estimate of drug-likeness (QED) is 0.905. The van der Waals surface area contributed by atoms with E-state index in [9.17, 15) is 4.79 Å². The molecule has 4 heteroatoms. The number of urea groups is 1. The van der Waals surface area contributed by atoms with Crippen molar-refractivity contribution in [2.75, 3.05) is 6.54 Å². The van der Waals surface area contributed by atoms with Crippen LogP contribution in [0.4, 0.5) is 4.79 Å². The van der Waals surface area contributed by atoms with Gasteiger partial charge in [-0.15, -0.1) is 0 Å². The van der Waals surface area contributed by atoms with Gasteiger partial charge in [-0.05, 0) is 31.9 Å². The van der Waals surface area contributed by atoms with Crippen LogP contribution >= 0.6 is 0 Å². The first-order valence-electron chi connectivity index (χ1n) is 7.25. The predicted molar refractivity (Wildman–Crippen MR) is 75.7 cm³/mol. The number of amides is 2. The number of aromatic nitrogens is 1. The fourth-order valence-corrected chi connectivity index (χ4v) is 2.53. The van der Waals surface area contributed by atoms with Crippen LogP contribution in [0.15, 0.2) is 24.4 Å². The highest BCUT2D eigenvalue weighted by atomic mass is 16.2. The number of carbonyl (C=O) groups excluding carboxylic acids is 1. The molecule has 104 valence electrons. The van der Waals surface area contributed by atoms with E-state index < -0.39 is 0 Å². The van der Waals surface area contributed by atoms with Gasteiger partial charge in [-0.25, -0.2) is 4.79 Å². The second-order valence-electron chi connectivity index (χ2n) is 5.12. The second-order valence-corrected chi connectivity index (χ2v) is 5.12. The van der Waals surface area contributed by atoms with Gasteiger partial charge in [-0.3, -0.25) is 4.98 Å². The van der Waals surface area contributed by atoms with Gasteiger partial charge in [-0.1, -0.05) is 25.3 Å². The zero-order valence-electron chi connectivity index (χ0n) is 11.6. The zero-order chi connectivity index (χ0) is 13.5. The van der Waals surface area contributed by atoms with Gasteiger partial charge in [0.15, 0.2) is 0 Å². The highest BCUT2D eigenvalue weighted by Crippen LogP contribution is 2.17. The molecule has 1 fully saturated rings. The van der Waals surface area contributed by atoms with Crippen LogP contribution in [-0.4, -0.2) is 28.5 Å². The molecule has 2 rings (SSSR count). The number of nitrogens with zero attached hydrogens (tertiary/aromatic N) is 2. The normalized spacial score (nSPS) is 16.1. The molecule has 1 aliphatic rings. The lowest BCUT2D eigenvalue weighted by Crippen LogP contribution is -2.45. The highest BCUT2D eigenvalue weighted by Gasteiger charge is 2.19. The van der Waals surface area contributed by atoms with E-state index in [0.29, 0.717) is 19.1 Å². The molecule has 1 aromatic rings. The van der Waals surface area contributed by atoms with Gasteiger partial charge in [0, 0.05) is 18.8 Å². The molecular formula is C15H23N3O. The van der Waals surface area contributed by atoms with E-state index in [1.807, 2.05) is 30.0 Å². The van der Waals surface area contributed by atoms with Crippen LogP contribution in [0.25, 0.3) is 0 Å². The van der Waals surface area contributed by atoms with Crippen molar-refractivity contribution < 1.29 is 4.79 Å². The summed E-state index contributed by atoms with van der Waals surface area (Å²) < 4.78 is 0. The van der Waals surface area contributed by atoms with Gasteiger partial charge in [0.2, 0.25) is 0 Å². The Balaban J connectivity index is 1.87. The minimum Gasteiger partial charge on any atom is -0.335 e. The molecule has 1 saturated carbocycles. The summed E-state index contributed by atoms with van der Waals surface area (Å²) >= 11 is 0. The summed E-state index contributed by atoms with van der Waals surface area (Å²) in [6.07, 6.45) is 7.77. The zero-order valence-corrected chi connectivity index (χ0v) is 11.6. The molecule has 1 N–H and O–H groups in total. The third-order valence-electron chi connectivity index (χ3n) is 3.68. The van der Waals surface area contributed by atoms with E-state index in [1.54, 1.807) is 6.20 Å². The summed E-state index contributed by atoms with van der Waals surface area (Å²) in [5.41, 5.74) is 0.933. The molecule has 1 aromatic heterocycles. The largest absolute Gasteiger partial charge is 0.335 e. The summed E-state index contributed by atoms with van der Waals surface area (Å²) in [5, 5.41) is 3.15. The van der Waals surface area contributed by atoms with Gasteiger partial charge >= 0.3 is 6.03 Å². The Labute approximate surface area is 115 Å². The molecule has 0 aromatic carbocycles. The van der Waals surface area contributed by atoms with Crippen LogP contribution in [0.1, 0.15) is 44.7 Å². The second kappa shape index (κ2) is 7.12.